The number of rotatable bonds is 5. The van der Waals surface area contributed by atoms with E-state index in [1.165, 1.54) is 12.1 Å². The summed E-state index contributed by atoms with van der Waals surface area (Å²) in [5, 5.41) is -0.0687. The Balaban J connectivity index is 1.57. The number of alkyl halides is 3. The van der Waals surface area contributed by atoms with Gasteiger partial charge in [-0.3, -0.25) is 9.59 Å². The second-order valence-electron chi connectivity index (χ2n) is 7.02. The molecule has 0 atom stereocenters. The maximum atomic E-state index is 13.0. The van der Waals surface area contributed by atoms with E-state index in [2.05, 4.69) is 0 Å². The van der Waals surface area contributed by atoms with E-state index in [1.807, 2.05) is 12.1 Å². The van der Waals surface area contributed by atoms with Crippen molar-refractivity contribution in [1.29, 1.82) is 0 Å². The fourth-order valence-corrected chi connectivity index (χ4v) is 4.08. The third-order valence-electron chi connectivity index (χ3n) is 4.74. The van der Waals surface area contributed by atoms with Crippen molar-refractivity contribution >= 4 is 46.3 Å². The van der Waals surface area contributed by atoms with Crippen molar-refractivity contribution in [3.8, 4) is 5.75 Å². The summed E-state index contributed by atoms with van der Waals surface area (Å²) in [4.78, 5) is 26.2. The molecule has 1 aliphatic rings. The van der Waals surface area contributed by atoms with Crippen LogP contribution < -0.4 is 9.64 Å². The number of benzene rings is 3. The number of hydrogen-bond donors (Lipinski definition) is 0. The third-order valence-corrected chi connectivity index (χ3v) is 5.86. The number of carbonyl (C=O) groups is 2. The molecule has 1 heterocycles. The largest absolute Gasteiger partial charge is 0.488 e. The number of anilines is 1. The Morgan fingerprint density at radius 3 is 2.42 bits per heavy atom. The van der Waals surface area contributed by atoms with E-state index < -0.39 is 22.9 Å². The van der Waals surface area contributed by atoms with Crippen LogP contribution in [0, 0.1) is 0 Å². The van der Waals surface area contributed by atoms with Gasteiger partial charge in [0.15, 0.2) is 0 Å². The molecule has 9 heteroatoms. The summed E-state index contributed by atoms with van der Waals surface area (Å²) < 4.78 is 45.0. The van der Waals surface area contributed by atoms with Crippen molar-refractivity contribution in [2.45, 2.75) is 12.8 Å². The number of halogens is 4. The number of amides is 2. The Labute approximate surface area is 196 Å². The SMILES string of the molecule is O=C1S/C(=C\c2ccccc2OCc2ccc(Cl)cc2)C(=O)N1c1cccc(C(F)(F)F)c1. The molecular formula is C24H15ClF3NO3S. The highest BCUT2D eigenvalue weighted by Crippen LogP contribution is 2.39. The van der Waals surface area contributed by atoms with E-state index in [4.69, 9.17) is 16.3 Å². The summed E-state index contributed by atoms with van der Waals surface area (Å²) in [5.41, 5.74) is 0.368. The zero-order valence-electron chi connectivity index (χ0n) is 16.8. The van der Waals surface area contributed by atoms with Crippen molar-refractivity contribution < 1.29 is 27.5 Å². The van der Waals surface area contributed by atoms with Gasteiger partial charge in [0, 0.05) is 10.6 Å². The van der Waals surface area contributed by atoms with Gasteiger partial charge in [-0.15, -0.1) is 0 Å². The molecule has 0 aromatic heterocycles. The molecule has 4 nitrogen and oxygen atoms in total. The highest BCUT2D eigenvalue weighted by Gasteiger charge is 2.38. The number of ether oxygens (including phenoxy) is 1. The predicted octanol–water partition coefficient (Wildman–Crippen LogP) is 7.18. The Hall–Kier alpha value is -3.23. The zero-order valence-corrected chi connectivity index (χ0v) is 18.4. The van der Waals surface area contributed by atoms with Gasteiger partial charge >= 0.3 is 6.18 Å². The minimum absolute atomic E-state index is 0.0833. The van der Waals surface area contributed by atoms with Gasteiger partial charge in [-0.25, -0.2) is 4.90 Å². The minimum atomic E-state index is -4.59. The van der Waals surface area contributed by atoms with Crippen molar-refractivity contribution in [2.24, 2.45) is 0 Å². The monoisotopic (exact) mass is 489 g/mol. The van der Waals surface area contributed by atoms with Crippen LogP contribution in [0.5, 0.6) is 5.75 Å². The lowest BCUT2D eigenvalue weighted by Crippen LogP contribution is -2.28. The van der Waals surface area contributed by atoms with Gasteiger partial charge in [0.25, 0.3) is 11.1 Å². The molecule has 168 valence electrons. The first kappa shape index (κ1) is 22.9. The molecule has 0 spiro atoms. The molecular weight excluding hydrogens is 475 g/mol. The van der Waals surface area contributed by atoms with Crippen LogP contribution in [0.3, 0.4) is 0 Å². The van der Waals surface area contributed by atoms with E-state index >= 15 is 0 Å². The third kappa shape index (κ3) is 5.23. The molecule has 0 bridgehead atoms. The fourth-order valence-electron chi connectivity index (χ4n) is 3.13. The summed E-state index contributed by atoms with van der Waals surface area (Å²) in [5.74, 6) is -0.213. The van der Waals surface area contributed by atoms with Gasteiger partial charge in [0.1, 0.15) is 12.4 Å². The van der Waals surface area contributed by atoms with Crippen molar-refractivity contribution in [1.82, 2.24) is 0 Å². The van der Waals surface area contributed by atoms with Crippen LogP contribution in [-0.4, -0.2) is 11.1 Å². The highest BCUT2D eigenvalue weighted by atomic mass is 35.5. The van der Waals surface area contributed by atoms with E-state index in [9.17, 15) is 22.8 Å². The van der Waals surface area contributed by atoms with E-state index in [-0.39, 0.29) is 17.2 Å². The normalized spacial score (nSPS) is 15.4. The van der Waals surface area contributed by atoms with Gasteiger partial charge in [-0.2, -0.15) is 13.2 Å². The summed E-state index contributed by atoms with van der Waals surface area (Å²) in [7, 11) is 0. The summed E-state index contributed by atoms with van der Waals surface area (Å²) in [6.45, 7) is 0.258. The molecule has 4 rings (SSSR count). The van der Waals surface area contributed by atoms with Crippen LogP contribution >= 0.6 is 23.4 Å². The van der Waals surface area contributed by atoms with Gasteiger partial charge < -0.3 is 4.74 Å². The summed E-state index contributed by atoms with van der Waals surface area (Å²) in [6, 6.07) is 18.2. The maximum Gasteiger partial charge on any atom is 0.416 e. The van der Waals surface area contributed by atoms with Crippen molar-refractivity contribution in [3.63, 3.8) is 0 Å². The molecule has 0 unspecified atom stereocenters. The summed E-state index contributed by atoms with van der Waals surface area (Å²) >= 11 is 6.55. The Bertz CT molecular complexity index is 1240. The van der Waals surface area contributed by atoms with Crippen LogP contribution in [0.15, 0.2) is 77.7 Å². The number of hydrogen-bond acceptors (Lipinski definition) is 4. The predicted molar refractivity (Wildman–Crippen MR) is 122 cm³/mol. The molecule has 1 aliphatic heterocycles. The first-order valence-electron chi connectivity index (χ1n) is 9.64. The van der Waals surface area contributed by atoms with Crippen molar-refractivity contribution in [3.05, 3.63) is 99.4 Å². The van der Waals surface area contributed by atoms with Crippen LogP contribution in [0.4, 0.5) is 23.7 Å². The van der Waals surface area contributed by atoms with E-state index in [0.29, 0.717) is 28.1 Å². The van der Waals surface area contributed by atoms with Crippen LogP contribution in [0.25, 0.3) is 6.08 Å². The second-order valence-corrected chi connectivity index (χ2v) is 8.45. The van der Waals surface area contributed by atoms with E-state index in [0.717, 1.165) is 28.7 Å². The maximum absolute atomic E-state index is 13.0. The smallest absolute Gasteiger partial charge is 0.416 e. The molecule has 2 amide bonds. The molecule has 3 aromatic rings. The highest BCUT2D eigenvalue weighted by molar-refractivity contribution is 8.19. The number of nitrogens with zero attached hydrogens (tertiary/aromatic N) is 1. The average molecular weight is 490 g/mol. The van der Waals surface area contributed by atoms with Crippen molar-refractivity contribution in [2.75, 3.05) is 4.90 Å². The van der Waals surface area contributed by atoms with Gasteiger partial charge in [0.2, 0.25) is 0 Å². The Morgan fingerprint density at radius 1 is 0.970 bits per heavy atom. The number of imide groups is 1. The molecule has 33 heavy (non-hydrogen) atoms. The van der Waals surface area contributed by atoms with E-state index in [1.54, 1.807) is 36.4 Å². The molecule has 0 aliphatic carbocycles. The molecule has 1 fully saturated rings. The lowest BCUT2D eigenvalue weighted by atomic mass is 10.1. The Kier molecular flexibility index (Phi) is 6.49. The molecule has 1 saturated heterocycles. The number of carbonyl (C=O) groups excluding carboxylic acids is 2. The summed E-state index contributed by atoms with van der Waals surface area (Å²) in [6.07, 6.45) is -3.09. The fraction of sp³-hybridized carbons (Fsp3) is 0.0833. The topological polar surface area (TPSA) is 46.6 Å². The van der Waals surface area contributed by atoms with Crippen LogP contribution in [0.2, 0.25) is 5.02 Å². The second kappa shape index (κ2) is 9.33. The average Bonchev–Trinajstić information content (AvgIpc) is 3.06. The molecule has 0 saturated carbocycles. The lowest BCUT2D eigenvalue weighted by Gasteiger charge is -2.15. The molecule has 0 N–H and O–H groups in total. The van der Waals surface area contributed by atoms with Gasteiger partial charge in [-0.05, 0) is 59.8 Å². The first-order chi connectivity index (χ1) is 15.7. The standard InChI is InChI=1S/C24H15ClF3NO3S/c25-18-10-8-15(9-11-18)14-32-20-7-2-1-4-16(20)12-21-22(30)29(23(31)33-21)19-6-3-5-17(13-19)24(26,27)28/h1-13H,14H2/b21-12-. The first-order valence-corrected chi connectivity index (χ1v) is 10.8. The number of para-hydroxylation sites is 1. The van der Waals surface area contributed by atoms with Gasteiger partial charge in [-0.1, -0.05) is 48.0 Å². The molecule has 0 radical (unpaired) electrons. The minimum Gasteiger partial charge on any atom is -0.488 e. The Morgan fingerprint density at radius 2 is 1.70 bits per heavy atom. The van der Waals surface area contributed by atoms with Crippen LogP contribution in [0.1, 0.15) is 16.7 Å². The van der Waals surface area contributed by atoms with Crippen LogP contribution in [-0.2, 0) is 17.6 Å². The number of thioether (sulfide) groups is 1. The quantitative estimate of drug-likeness (QED) is 0.356. The molecule has 3 aromatic carbocycles. The zero-order chi connectivity index (χ0) is 23.6. The lowest BCUT2D eigenvalue weighted by molar-refractivity contribution is -0.137. The van der Waals surface area contributed by atoms with Gasteiger partial charge in [0.05, 0.1) is 16.2 Å².